The third kappa shape index (κ3) is 6.34. The summed E-state index contributed by atoms with van der Waals surface area (Å²) in [6.45, 7) is 7.28. The Bertz CT molecular complexity index is 748. The molecule has 0 spiro atoms. The standard InChI is InChI=1S/C23H33N5/c1-19-16-25-12-10-22(19)11-13-26-23(24-2)27-17-20-6-8-21(9-7-20)18-28-14-4-3-5-15-28/h6-10,12,16H,3-5,11,13-15,17-18H2,1-2H3,(H2,24,26,27). The molecule has 28 heavy (non-hydrogen) atoms. The molecule has 1 saturated heterocycles. The van der Waals surface area contributed by atoms with Crippen LogP contribution in [0.15, 0.2) is 47.7 Å². The molecule has 1 aliphatic rings. The predicted molar refractivity (Wildman–Crippen MR) is 116 cm³/mol. The predicted octanol–water partition coefficient (Wildman–Crippen LogP) is 3.28. The van der Waals surface area contributed by atoms with E-state index < -0.39 is 0 Å². The van der Waals surface area contributed by atoms with Crippen LogP contribution in [-0.2, 0) is 19.5 Å². The number of aromatic nitrogens is 1. The van der Waals surface area contributed by atoms with Crippen molar-refractivity contribution >= 4 is 5.96 Å². The van der Waals surface area contributed by atoms with Crippen LogP contribution in [0.25, 0.3) is 0 Å². The van der Waals surface area contributed by atoms with Crippen LogP contribution >= 0.6 is 0 Å². The summed E-state index contributed by atoms with van der Waals surface area (Å²) in [7, 11) is 1.81. The SMILES string of the molecule is CN=C(NCCc1ccncc1C)NCc1ccc(CN2CCCCC2)cc1. The zero-order chi connectivity index (χ0) is 19.6. The van der Waals surface area contributed by atoms with Gasteiger partial charge in [-0.15, -0.1) is 0 Å². The number of piperidine rings is 1. The molecule has 1 aliphatic heterocycles. The van der Waals surface area contributed by atoms with Gasteiger partial charge in [-0.3, -0.25) is 14.9 Å². The fraction of sp³-hybridized carbons (Fsp3) is 0.478. The molecule has 0 aliphatic carbocycles. The van der Waals surface area contributed by atoms with E-state index >= 15 is 0 Å². The minimum Gasteiger partial charge on any atom is -0.356 e. The van der Waals surface area contributed by atoms with Crippen LogP contribution in [0.3, 0.4) is 0 Å². The van der Waals surface area contributed by atoms with E-state index in [1.165, 1.54) is 54.6 Å². The van der Waals surface area contributed by atoms with Gasteiger partial charge >= 0.3 is 0 Å². The zero-order valence-electron chi connectivity index (χ0n) is 17.2. The second-order valence-electron chi connectivity index (χ2n) is 7.56. The smallest absolute Gasteiger partial charge is 0.191 e. The second-order valence-corrected chi connectivity index (χ2v) is 7.56. The van der Waals surface area contributed by atoms with Crippen molar-refractivity contribution in [2.24, 2.45) is 4.99 Å². The molecule has 0 bridgehead atoms. The molecule has 5 nitrogen and oxygen atoms in total. The Hall–Kier alpha value is -2.40. The number of guanidine groups is 1. The summed E-state index contributed by atoms with van der Waals surface area (Å²) < 4.78 is 0. The summed E-state index contributed by atoms with van der Waals surface area (Å²) >= 11 is 0. The summed E-state index contributed by atoms with van der Waals surface area (Å²) in [6, 6.07) is 11.0. The Balaban J connectivity index is 1.41. The Morgan fingerprint density at radius 1 is 1.04 bits per heavy atom. The number of nitrogens with one attached hydrogen (secondary N) is 2. The number of rotatable bonds is 7. The first kappa shape index (κ1) is 20.3. The molecule has 1 aromatic carbocycles. The fourth-order valence-electron chi connectivity index (χ4n) is 3.64. The van der Waals surface area contributed by atoms with E-state index in [1.54, 1.807) is 0 Å². The number of benzene rings is 1. The second kappa shape index (κ2) is 10.8. The Morgan fingerprint density at radius 2 is 1.79 bits per heavy atom. The van der Waals surface area contributed by atoms with Crippen molar-refractivity contribution in [2.75, 3.05) is 26.7 Å². The summed E-state index contributed by atoms with van der Waals surface area (Å²) in [4.78, 5) is 11.0. The number of hydrogen-bond acceptors (Lipinski definition) is 3. The van der Waals surface area contributed by atoms with Crippen LogP contribution in [0.4, 0.5) is 0 Å². The monoisotopic (exact) mass is 379 g/mol. The van der Waals surface area contributed by atoms with E-state index in [9.17, 15) is 0 Å². The van der Waals surface area contributed by atoms with Crippen molar-refractivity contribution < 1.29 is 0 Å². The molecular formula is C23H33N5. The van der Waals surface area contributed by atoms with Crippen molar-refractivity contribution in [3.8, 4) is 0 Å². The van der Waals surface area contributed by atoms with Crippen molar-refractivity contribution in [2.45, 2.75) is 45.7 Å². The van der Waals surface area contributed by atoms with Gasteiger partial charge in [0.15, 0.2) is 5.96 Å². The zero-order valence-corrected chi connectivity index (χ0v) is 17.2. The van der Waals surface area contributed by atoms with Gasteiger partial charge in [-0.05, 0) is 67.6 Å². The maximum atomic E-state index is 4.33. The van der Waals surface area contributed by atoms with Crippen molar-refractivity contribution in [3.63, 3.8) is 0 Å². The van der Waals surface area contributed by atoms with Gasteiger partial charge in [-0.1, -0.05) is 30.7 Å². The normalized spacial score (nSPS) is 15.4. The average molecular weight is 380 g/mol. The first-order valence-corrected chi connectivity index (χ1v) is 10.4. The quantitative estimate of drug-likeness (QED) is 0.573. The molecule has 1 aromatic heterocycles. The molecule has 0 radical (unpaired) electrons. The Morgan fingerprint density at radius 3 is 2.50 bits per heavy atom. The van der Waals surface area contributed by atoms with Crippen LogP contribution < -0.4 is 10.6 Å². The molecule has 150 valence electrons. The van der Waals surface area contributed by atoms with Gasteiger partial charge in [-0.2, -0.15) is 0 Å². The summed E-state index contributed by atoms with van der Waals surface area (Å²) in [5, 5.41) is 6.80. The highest BCUT2D eigenvalue weighted by Crippen LogP contribution is 2.13. The van der Waals surface area contributed by atoms with Crippen molar-refractivity contribution in [1.82, 2.24) is 20.5 Å². The van der Waals surface area contributed by atoms with Crippen LogP contribution in [-0.4, -0.2) is 42.5 Å². The first-order valence-electron chi connectivity index (χ1n) is 10.4. The van der Waals surface area contributed by atoms with Gasteiger partial charge in [0.2, 0.25) is 0 Å². The van der Waals surface area contributed by atoms with Gasteiger partial charge in [0, 0.05) is 39.1 Å². The molecule has 0 atom stereocenters. The van der Waals surface area contributed by atoms with Gasteiger partial charge in [0.25, 0.3) is 0 Å². The lowest BCUT2D eigenvalue weighted by molar-refractivity contribution is 0.221. The van der Waals surface area contributed by atoms with E-state index in [0.717, 1.165) is 32.0 Å². The molecule has 0 unspecified atom stereocenters. The number of aryl methyl sites for hydroxylation is 1. The van der Waals surface area contributed by atoms with Gasteiger partial charge in [0.05, 0.1) is 0 Å². The highest BCUT2D eigenvalue weighted by atomic mass is 15.2. The summed E-state index contributed by atoms with van der Waals surface area (Å²) in [5.41, 5.74) is 5.23. The molecule has 0 saturated carbocycles. The number of aliphatic imine (C=N–C) groups is 1. The lowest BCUT2D eigenvalue weighted by atomic mass is 10.1. The van der Waals surface area contributed by atoms with E-state index in [0.29, 0.717) is 0 Å². The maximum Gasteiger partial charge on any atom is 0.191 e. The lowest BCUT2D eigenvalue weighted by Gasteiger charge is -2.26. The van der Waals surface area contributed by atoms with E-state index in [-0.39, 0.29) is 0 Å². The lowest BCUT2D eigenvalue weighted by Crippen LogP contribution is -2.37. The third-order valence-corrected chi connectivity index (χ3v) is 5.38. The average Bonchev–Trinajstić information content (AvgIpc) is 2.73. The topological polar surface area (TPSA) is 52.6 Å². The minimum absolute atomic E-state index is 0.776. The van der Waals surface area contributed by atoms with Crippen LogP contribution in [0.1, 0.15) is 41.5 Å². The van der Waals surface area contributed by atoms with Crippen molar-refractivity contribution in [1.29, 1.82) is 0 Å². The van der Waals surface area contributed by atoms with Gasteiger partial charge in [0.1, 0.15) is 0 Å². The summed E-state index contributed by atoms with van der Waals surface area (Å²) in [6.07, 6.45) is 8.80. The van der Waals surface area contributed by atoms with Crippen molar-refractivity contribution in [3.05, 3.63) is 65.0 Å². The maximum absolute atomic E-state index is 4.33. The largest absolute Gasteiger partial charge is 0.356 e. The molecule has 3 rings (SSSR count). The highest BCUT2D eigenvalue weighted by molar-refractivity contribution is 5.79. The number of pyridine rings is 1. The Labute approximate surface area is 169 Å². The first-order chi connectivity index (χ1) is 13.7. The molecule has 1 fully saturated rings. The highest BCUT2D eigenvalue weighted by Gasteiger charge is 2.10. The molecule has 2 aromatic rings. The van der Waals surface area contributed by atoms with E-state index in [2.05, 4.69) is 62.8 Å². The minimum atomic E-state index is 0.776. The van der Waals surface area contributed by atoms with Crippen LogP contribution in [0.5, 0.6) is 0 Å². The summed E-state index contributed by atoms with van der Waals surface area (Å²) in [5.74, 6) is 0.837. The van der Waals surface area contributed by atoms with E-state index in [1.807, 2.05) is 19.4 Å². The number of hydrogen-bond donors (Lipinski definition) is 2. The number of likely N-dealkylation sites (tertiary alicyclic amines) is 1. The Kier molecular flexibility index (Phi) is 7.85. The number of nitrogens with zero attached hydrogens (tertiary/aromatic N) is 3. The molecule has 2 N–H and O–H groups in total. The fourth-order valence-corrected chi connectivity index (χ4v) is 3.64. The van der Waals surface area contributed by atoms with Crippen LogP contribution in [0, 0.1) is 6.92 Å². The van der Waals surface area contributed by atoms with E-state index in [4.69, 9.17) is 0 Å². The molecular weight excluding hydrogens is 346 g/mol. The molecule has 5 heteroatoms. The van der Waals surface area contributed by atoms with Gasteiger partial charge in [-0.25, -0.2) is 0 Å². The van der Waals surface area contributed by atoms with Gasteiger partial charge < -0.3 is 10.6 Å². The molecule has 2 heterocycles. The molecule has 0 amide bonds. The van der Waals surface area contributed by atoms with Crippen LogP contribution in [0.2, 0.25) is 0 Å². The third-order valence-electron chi connectivity index (χ3n) is 5.38.